The quantitative estimate of drug-likeness (QED) is 0.230. The highest BCUT2D eigenvalue weighted by atomic mass is 35.5. The van der Waals surface area contributed by atoms with Crippen molar-refractivity contribution >= 4 is 55.4 Å². The van der Waals surface area contributed by atoms with Crippen LogP contribution < -0.4 is 9.62 Å². The third-order valence-electron chi connectivity index (χ3n) is 6.88. The number of furan rings is 1. The fourth-order valence-electron chi connectivity index (χ4n) is 4.70. The lowest BCUT2D eigenvalue weighted by atomic mass is 9.97. The summed E-state index contributed by atoms with van der Waals surface area (Å²) in [5.41, 5.74) is 3.65. The SMILES string of the molecule is CNC(=O)c1c(-c2ccc(F)cc2)oc2cc(N(C)S(C)(=O)=O)c(-c3ccc(Cl)c(-c4nc5cccnc5o4)c3)cc12. The molecule has 3 aromatic carbocycles. The molecule has 0 saturated heterocycles. The Morgan fingerprint density at radius 2 is 1.74 bits per heavy atom. The summed E-state index contributed by atoms with van der Waals surface area (Å²) >= 11 is 6.56. The van der Waals surface area contributed by atoms with E-state index in [1.54, 1.807) is 48.7 Å². The minimum absolute atomic E-state index is 0.213. The van der Waals surface area contributed by atoms with Crippen LogP contribution in [0, 0.1) is 5.82 Å². The second kappa shape index (κ2) is 10.3. The van der Waals surface area contributed by atoms with Crippen LogP contribution in [0.2, 0.25) is 5.02 Å². The highest BCUT2D eigenvalue weighted by Gasteiger charge is 2.26. The topological polar surface area (TPSA) is 119 Å². The molecule has 3 heterocycles. The van der Waals surface area contributed by atoms with E-state index in [0.29, 0.717) is 49.6 Å². The fourth-order valence-corrected chi connectivity index (χ4v) is 5.41. The Kier molecular flexibility index (Phi) is 6.71. The van der Waals surface area contributed by atoms with Gasteiger partial charge in [0.15, 0.2) is 0 Å². The molecule has 212 valence electrons. The van der Waals surface area contributed by atoms with Gasteiger partial charge in [-0.15, -0.1) is 0 Å². The van der Waals surface area contributed by atoms with Crippen molar-refractivity contribution < 1.29 is 26.4 Å². The summed E-state index contributed by atoms with van der Waals surface area (Å²) in [6.45, 7) is 0. The molecule has 1 amide bonds. The van der Waals surface area contributed by atoms with Gasteiger partial charge in [-0.1, -0.05) is 17.7 Å². The number of sulfonamides is 1. The van der Waals surface area contributed by atoms with Crippen LogP contribution in [0.1, 0.15) is 10.4 Å². The van der Waals surface area contributed by atoms with Crippen molar-refractivity contribution in [3.8, 4) is 33.9 Å². The van der Waals surface area contributed by atoms with Crippen LogP contribution in [-0.2, 0) is 10.0 Å². The second-order valence-corrected chi connectivity index (χ2v) is 12.0. The molecule has 0 aliphatic rings. The molecular weight excluding hydrogens is 583 g/mol. The summed E-state index contributed by atoms with van der Waals surface area (Å²) in [5.74, 6) is -0.421. The minimum Gasteiger partial charge on any atom is -0.455 e. The Hall–Kier alpha value is -4.74. The van der Waals surface area contributed by atoms with Gasteiger partial charge in [-0.3, -0.25) is 9.10 Å². The number of carbonyl (C=O) groups excluding carboxylic acids is 1. The van der Waals surface area contributed by atoms with Gasteiger partial charge in [0.1, 0.15) is 22.7 Å². The van der Waals surface area contributed by atoms with Crippen LogP contribution >= 0.6 is 11.6 Å². The summed E-state index contributed by atoms with van der Waals surface area (Å²) in [5, 5.41) is 3.42. The predicted octanol–water partition coefficient (Wildman–Crippen LogP) is 6.52. The molecule has 6 rings (SSSR count). The zero-order chi connectivity index (χ0) is 29.8. The van der Waals surface area contributed by atoms with Gasteiger partial charge in [0.05, 0.1) is 28.1 Å². The summed E-state index contributed by atoms with van der Waals surface area (Å²) in [6, 6.07) is 17.4. The van der Waals surface area contributed by atoms with Gasteiger partial charge in [-0.2, -0.15) is 0 Å². The number of rotatable bonds is 6. The molecular formula is C30H22ClFN4O5S. The Bertz CT molecular complexity index is 2090. The minimum atomic E-state index is -3.72. The smallest absolute Gasteiger partial charge is 0.255 e. The second-order valence-electron chi connectivity index (χ2n) is 9.53. The van der Waals surface area contributed by atoms with Crippen molar-refractivity contribution in [2.45, 2.75) is 0 Å². The van der Waals surface area contributed by atoms with Crippen molar-refractivity contribution in [1.82, 2.24) is 15.3 Å². The first-order chi connectivity index (χ1) is 20.0. The fraction of sp³-hybridized carbons (Fsp3) is 0.100. The standard InChI is InChI=1S/C30H22ClFN4O5S/c1-33-28(37)26-21-14-19(17-8-11-22(31)20(13-17)29-35-23-5-4-12-34-30(23)41-29)24(36(2)42(3,38)39)15-25(21)40-27(26)16-6-9-18(32)10-7-16/h4-15H,1-3H3,(H,33,37). The summed E-state index contributed by atoms with van der Waals surface area (Å²) in [6.07, 6.45) is 2.68. The molecule has 0 radical (unpaired) electrons. The van der Waals surface area contributed by atoms with E-state index in [2.05, 4.69) is 15.3 Å². The summed E-state index contributed by atoms with van der Waals surface area (Å²) in [4.78, 5) is 21.8. The molecule has 0 bridgehead atoms. The number of carbonyl (C=O) groups is 1. The molecule has 3 aromatic heterocycles. The predicted molar refractivity (Wildman–Crippen MR) is 159 cm³/mol. The highest BCUT2D eigenvalue weighted by Crippen LogP contribution is 2.43. The maximum atomic E-state index is 13.7. The Morgan fingerprint density at radius 3 is 2.43 bits per heavy atom. The number of nitrogens with zero attached hydrogens (tertiary/aromatic N) is 3. The maximum absolute atomic E-state index is 13.7. The first-order valence-electron chi connectivity index (χ1n) is 12.6. The lowest BCUT2D eigenvalue weighted by Crippen LogP contribution is -2.25. The highest BCUT2D eigenvalue weighted by molar-refractivity contribution is 7.92. The van der Waals surface area contributed by atoms with Crippen LogP contribution in [0.4, 0.5) is 10.1 Å². The van der Waals surface area contributed by atoms with Crippen molar-refractivity contribution in [2.75, 3.05) is 24.7 Å². The maximum Gasteiger partial charge on any atom is 0.255 e. The van der Waals surface area contributed by atoms with E-state index < -0.39 is 21.7 Å². The van der Waals surface area contributed by atoms with E-state index in [9.17, 15) is 17.6 Å². The number of pyridine rings is 1. The van der Waals surface area contributed by atoms with Gasteiger partial charge in [0.2, 0.25) is 21.6 Å². The molecule has 0 saturated carbocycles. The third kappa shape index (κ3) is 4.76. The number of hydrogen-bond donors (Lipinski definition) is 1. The van der Waals surface area contributed by atoms with E-state index >= 15 is 0 Å². The van der Waals surface area contributed by atoms with Crippen molar-refractivity contribution in [3.63, 3.8) is 0 Å². The first kappa shape index (κ1) is 27.4. The summed E-state index contributed by atoms with van der Waals surface area (Å²) in [7, 11) is -0.806. The third-order valence-corrected chi connectivity index (χ3v) is 8.40. The number of anilines is 1. The normalized spacial score (nSPS) is 11.7. The zero-order valence-corrected chi connectivity index (χ0v) is 24.0. The van der Waals surface area contributed by atoms with Crippen LogP contribution in [0.25, 0.3) is 56.1 Å². The number of aromatic nitrogens is 2. The lowest BCUT2D eigenvalue weighted by molar-refractivity contribution is 0.0964. The number of nitrogens with one attached hydrogen (secondary N) is 1. The van der Waals surface area contributed by atoms with Crippen LogP contribution in [0.15, 0.2) is 81.8 Å². The summed E-state index contributed by atoms with van der Waals surface area (Å²) < 4.78 is 52.2. The van der Waals surface area contributed by atoms with Gasteiger partial charge in [0.25, 0.3) is 5.91 Å². The molecule has 0 atom stereocenters. The average Bonchev–Trinajstić information content (AvgIpc) is 3.57. The Labute approximate surface area is 244 Å². The molecule has 42 heavy (non-hydrogen) atoms. The number of hydrogen-bond acceptors (Lipinski definition) is 7. The van der Waals surface area contributed by atoms with Crippen molar-refractivity contribution in [1.29, 1.82) is 0 Å². The number of oxazole rings is 1. The molecule has 0 fully saturated rings. The first-order valence-corrected chi connectivity index (χ1v) is 14.8. The van der Waals surface area contributed by atoms with Gasteiger partial charge in [-0.25, -0.2) is 22.8 Å². The molecule has 0 spiro atoms. The number of fused-ring (bicyclic) bond motifs is 2. The Morgan fingerprint density at radius 1 is 1.00 bits per heavy atom. The molecule has 6 aromatic rings. The van der Waals surface area contributed by atoms with Crippen molar-refractivity contribution in [3.05, 3.63) is 89.3 Å². The molecule has 9 nitrogen and oxygen atoms in total. The van der Waals surface area contributed by atoms with Crippen LogP contribution in [0.3, 0.4) is 0 Å². The van der Waals surface area contributed by atoms with Gasteiger partial charge in [0, 0.05) is 42.9 Å². The molecule has 12 heteroatoms. The van der Waals surface area contributed by atoms with E-state index in [0.717, 1.165) is 10.6 Å². The van der Waals surface area contributed by atoms with E-state index in [4.69, 9.17) is 20.4 Å². The van der Waals surface area contributed by atoms with E-state index in [1.165, 1.54) is 38.4 Å². The molecule has 0 aliphatic heterocycles. The molecule has 0 unspecified atom stereocenters. The molecule has 0 aliphatic carbocycles. The largest absolute Gasteiger partial charge is 0.455 e. The van der Waals surface area contributed by atoms with E-state index in [-0.39, 0.29) is 22.8 Å². The van der Waals surface area contributed by atoms with Crippen molar-refractivity contribution in [2.24, 2.45) is 0 Å². The van der Waals surface area contributed by atoms with Crippen LogP contribution in [-0.4, -0.2) is 44.6 Å². The van der Waals surface area contributed by atoms with E-state index in [1.807, 2.05) is 0 Å². The zero-order valence-electron chi connectivity index (χ0n) is 22.5. The number of halogens is 2. The van der Waals surface area contributed by atoms with Gasteiger partial charge in [-0.05, 0) is 60.2 Å². The lowest BCUT2D eigenvalue weighted by Gasteiger charge is -2.21. The number of amides is 1. The van der Waals surface area contributed by atoms with Crippen LogP contribution in [0.5, 0.6) is 0 Å². The molecule has 1 N–H and O–H groups in total. The Balaban J connectivity index is 1.63. The van der Waals surface area contributed by atoms with Gasteiger partial charge < -0.3 is 14.2 Å². The average molecular weight is 605 g/mol. The number of benzene rings is 3. The van der Waals surface area contributed by atoms with Gasteiger partial charge >= 0.3 is 0 Å². The monoisotopic (exact) mass is 604 g/mol.